The van der Waals surface area contributed by atoms with Crippen molar-refractivity contribution in [3.63, 3.8) is 0 Å². The van der Waals surface area contributed by atoms with Crippen molar-refractivity contribution in [3.05, 3.63) is 18.0 Å². The first-order chi connectivity index (χ1) is 8.00. The van der Waals surface area contributed by atoms with Gasteiger partial charge in [0.15, 0.2) is 0 Å². The molecule has 0 N–H and O–H groups in total. The molecule has 0 amide bonds. The summed E-state index contributed by atoms with van der Waals surface area (Å²) in [6.45, 7) is 7.62. The van der Waals surface area contributed by atoms with E-state index in [9.17, 15) is 0 Å². The van der Waals surface area contributed by atoms with Gasteiger partial charge in [-0.2, -0.15) is 0 Å². The van der Waals surface area contributed by atoms with Crippen molar-refractivity contribution in [3.8, 4) is 0 Å². The lowest BCUT2D eigenvalue weighted by atomic mass is 10.1. The summed E-state index contributed by atoms with van der Waals surface area (Å²) in [6, 6.07) is 1.90. The molecule has 4 nitrogen and oxygen atoms in total. The highest BCUT2D eigenvalue weighted by atomic mass is 35.5. The Hall–Kier alpha value is -0.870. The second-order valence-electron chi connectivity index (χ2n) is 5.03. The number of ether oxygens (including phenoxy) is 1. The maximum atomic E-state index is 5.90. The minimum Gasteiger partial charge on any atom is -0.367 e. The third kappa shape index (κ3) is 3.07. The average Bonchev–Trinajstić information content (AvgIpc) is 2.27. The Kier molecular flexibility index (Phi) is 3.54. The predicted octanol–water partition coefficient (Wildman–Crippen LogP) is 2.01. The maximum absolute atomic E-state index is 5.90. The van der Waals surface area contributed by atoms with E-state index in [1.807, 2.05) is 13.0 Å². The Bertz CT molecular complexity index is 397. The molecule has 5 heteroatoms. The van der Waals surface area contributed by atoms with Gasteiger partial charge in [0.05, 0.1) is 17.6 Å². The third-order valence-corrected chi connectivity index (χ3v) is 3.06. The molecule has 1 unspecified atom stereocenters. The number of anilines is 1. The smallest absolute Gasteiger partial charge is 0.225 e. The molecule has 2 heterocycles. The zero-order valence-corrected chi connectivity index (χ0v) is 11.2. The van der Waals surface area contributed by atoms with Crippen LogP contribution < -0.4 is 4.90 Å². The molecule has 0 radical (unpaired) electrons. The van der Waals surface area contributed by atoms with Gasteiger partial charge in [0.25, 0.3) is 0 Å². The fourth-order valence-electron chi connectivity index (χ4n) is 2.12. The van der Waals surface area contributed by atoms with Crippen LogP contribution in [0.15, 0.2) is 12.3 Å². The number of morpholine rings is 1. The monoisotopic (exact) mass is 255 g/mol. The van der Waals surface area contributed by atoms with E-state index in [1.54, 1.807) is 6.20 Å². The fourth-order valence-corrected chi connectivity index (χ4v) is 2.28. The topological polar surface area (TPSA) is 38.2 Å². The molecule has 0 spiro atoms. The van der Waals surface area contributed by atoms with Gasteiger partial charge in [0.2, 0.25) is 5.95 Å². The first-order valence-electron chi connectivity index (χ1n) is 5.78. The minimum atomic E-state index is -0.217. The molecule has 1 aliphatic heterocycles. The van der Waals surface area contributed by atoms with Crippen molar-refractivity contribution in [2.45, 2.75) is 32.5 Å². The van der Waals surface area contributed by atoms with Crippen LogP contribution in [0.4, 0.5) is 5.95 Å². The number of aryl methyl sites for hydroxylation is 1. The summed E-state index contributed by atoms with van der Waals surface area (Å²) in [5.74, 6) is 1.25. The number of hydrogen-bond donors (Lipinski definition) is 0. The van der Waals surface area contributed by atoms with Gasteiger partial charge in [-0.1, -0.05) is 0 Å². The van der Waals surface area contributed by atoms with E-state index in [4.69, 9.17) is 16.3 Å². The SMILES string of the molecule is Cc1ccnc(N2CC(CCl)OC(C)(C)C2)n1. The van der Waals surface area contributed by atoms with E-state index in [0.717, 1.165) is 24.7 Å². The Morgan fingerprint density at radius 2 is 2.35 bits per heavy atom. The summed E-state index contributed by atoms with van der Waals surface area (Å²) in [6.07, 6.45) is 1.82. The quantitative estimate of drug-likeness (QED) is 0.758. The average molecular weight is 256 g/mol. The van der Waals surface area contributed by atoms with Crippen LogP contribution in [0.1, 0.15) is 19.5 Å². The Morgan fingerprint density at radius 1 is 1.59 bits per heavy atom. The van der Waals surface area contributed by atoms with Gasteiger partial charge < -0.3 is 9.64 Å². The van der Waals surface area contributed by atoms with Crippen molar-refractivity contribution in [1.82, 2.24) is 9.97 Å². The second-order valence-corrected chi connectivity index (χ2v) is 5.34. The van der Waals surface area contributed by atoms with Gasteiger partial charge in [0.1, 0.15) is 0 Å². The molecule has 0 aliphatic carbocycles. The van der Waals surface area contributed by atoms with Crippen LogP contribution in [0.25, 0.3) is 0 Å². The second kappa shape index (κ2) is 4.78. The van der Waals surface area contributed by atoms with E-state index >= 15 is 0 Å². The van der Waals surface area contributed by atoms with Gasteiger partial charge in [0, 0.05) is 25.0 Å². The van der Waals surface area contributed by atoms with Gasteiger partial charge in [-0.15, -0.1) is 11.6 Å². The summed E-state index contributed by atoms with van der Waals surface area (Å²) in [5, 5.41) is 0. The molecule has 1 aliphatic rings. The van der Waals surface area contributed by atoms with Crippen LogP contribution in [0, 0.1) is 6.92 Å². The lowest BCUT2D eigenvalue weighted by Gasteiger charge is -2.42. The zero-order valence-electron chi connectivity index (χ0n) is 10.5. The third-order valence-electron chi connectivity index (χ3n) is 2.72. The molecule has 1 aromatic rings. The number of aromatic nitrogens is 2. The zero-order chi connectivity index (χ0) is 12.5. The highest BCUT2D eigenvalue weighted by molar-refractivity contribution is 6.18. The van der Waals surface area contributed by atoms with Crippen molar-refractivity contribution in [2.75, 3.05) is 23.9 Å². The molecule has 17 heavy (non-hydrogen) atoms. The molecule has 1 fully saturated rings. The van der Waals surface area contributed by atoms with E-state index < -0.39 is 0 Å². The molecular formula is C12H18ClN3O. The highest BCUT2D eigenvalue weighted by Gasteiger charge is 2.34. The van der Waals surface area contributed by atoms with Gasteiger partial charge in [-0.25, -0.2) is 9.97 Å². The molecule has 1 aromatic heterocycles. The number of nitrogens with zero attached hydrogens (tertiary/aromatic N) is 3. The minimum absolute atomic E-state index is 0.0320. The highest BCUT2D eigenvalue weighted by Crippen LogP contribution is 2.24. The van der Waals surface area contributed by atoms with Crippen LogP contribution in [-0.2, 0) is 4.74 Å². The van der Waals surface area contributed by atoms with E-state index in [-0.39, 0.29) is 11.7 Å². The maximum Gasteiger partial charge on any atom is 0.225 e. The molecule has 0 bridgehead atoms. The summed E-state index contributed by atoms with van der Waals surface area (Å²) >= 11 is 5.90. The summed E-state index contributed by atoms with van der Waals surface area (Å²) in [7, 11) is 0. The summed E-state index contributed by atoms with van der Waals surface area (Å²) in [5.41, 5.74) is 0.756. The van der Waals surface area contributed by atoms with Crippen molar-refractivity contribution in [1.29, 1.82) is 0 Å². The first-order valence-corrected chi connectivity index (χ1v) is 6.32. The van der Waals surface area contributed by atoms with E-state index in [1.165, 1.54) is 0 Å². The number of rotatable bonds is 2. The lowest BCUT2D eigenvalue weighted by molar-refractivity contribution is -0.0738. The number of alkyl halides is 1. The molecular weight excluding hydrogens is 238 g/mol. The molecule has 0 saturated carbocycles. The molecule has 1 saturated heterocycles. The normalized spacial score (nSPS) is 23.8. The Morgan fingerprint density at radius 3 is 3.00 bits per heavy atom. The number of hydrogen-bond acceptors (Lipinski definition) is 4. The van der Waals surface area contributed by atoms with Crippen LogP contribution in [0.5, 0.6) is 0 Å². The van der Waals surface area contributed by atoms with E-state index in [2.05, 4.69) is 28.7 Å². The van der Waals surface area contributed by atoms with Crippen LogP contribution in [-0.4, -0.2) is 40.6 Å². The van der Waals surface area contributed by atoms with Crippen LogP contribution in [0.2, 0.25) is 0 Å². The standard InChI is InChI=1S/C12H18ClN3O/c1-9-4-5-14-11(15-9)16-7-10(6-13)17-12(2,3)8-16/h4-5,10H,6-8H2,1-3H3. The van der Waals surface area contributed by atoms with Crippen molar-refractivity contribution in [2.24, 2.45) is 0 Å². The molecule has 1 atom stereocenters. The van der Waals surface area contributed by atoms with Crippen LogP contribution >= 0.6 is 11.6 Å². The largest absolute Gasteiger partial charge is 0.367 e. The van der Waals surface area contributed by atoms with Crippen LogP contribution in [0.3, 0.4) is 0 Å². The predicted molar refractivity (Wildman–Crippen MR) is 68.7 cm³/mol. The van der Waals surface area contributed by atoms with E-state index in [0.29, 0.717) is 5.88 Å². The fraction of sp³-hybridized carbons (Fsp3) is 0.667. The molecule has 94 valence electrons. The molecule has 0 aromatic carbocycles. The summed E-state index contributed by atoms with van der Waals surface area (Å²) < 4.78 is 5.88. The van der Waals surface area contributed by atoms with Gasteiger partial charge in [-0.3, -0.25) is 0 Å². The number of halogens is 1. The van der Waals surface area contributed by atoms with Crippen molar-refractivity contribution < 1.29 is 4.74 Å². The molecule has 2 rings (SSSR count). The van der Waals surface area contributed by atoms with Gasteiger partial charge >= 0.3 is 0 Å². The summed E-state index contributed by atoms with van der Waals surface area (Å²) in [4.78, 5) is 10.9. The Balaban J connectivity index is 2.20. The van der Waals surface area contributed by atoms with Gasteiger partial charge in [-0.05, 0) is 26.8 Å². The van der Waals surface area contributed by atoms with Crippen molar-refractivity contribution >= 4 is 17.5 Å². The first kappa shape index (κ1) is 12.6. The Labute approximate surface area is 107 Å². The lowest BCUT2D eigenvalue weighted by Crippen LogP contribution is -2.54.